The van der Waals surface area contributed by atoms with Gasteiger partial charge in [0, 0.05) is 30.9 Å². The van der Waals surface area contributed by atoms with Gasteiger partial charge in [0.25, 0.3) is 0 Å². The van der Waals surface area contributed by atoms with E-state index in [-0.39, 0.29) is 5.41 Å². The minimum absolute atomic E-state index is 0.134. The predicted molar refractivity (Wildman–Crippen MR) is 93.8 cm³/mol. The normalized spacial score (nSPS) is 12.5. The molecule has 0 saturated heterocycles. The molecule has 2 heterocycles. The second-order valence-electron chi connectivity index (χ2n) is 6.42. The zero-order valence-corrected chi connectivity index (χ0v) is 15.3. The molecule has 0 atom stereocenters. The Balaban J connectivity index is 1.85. The van der Waals surface area contributed by atoms with E-state index in [4.69, 9.17) is 4.52 Å². The van der Waals surface area contributed by atoms with Gasteiger partial charge < -0.3 is 14.7 Å². The first-order valence-corrected chi connectivity index (χ1v) is 8.55. The Morgan fingerprint density at radius 2 is 2.22 bits per heavy atom. The topological polar surface area (TPSA) is 66.5 Å². The maximum absolute atomic E-state index is 5.30. The van der Waals surface area contributed by atoms with Crippen LogP contribution in [0.15, 0.2) is 27.0 Å². The van der Waals surface area contributed by atoms with E-state index >= 15 is 0 Å². The number of likely N-dealkylation sites (N-methyl/N-ethyl adjacent to an activating group) is 1. The van der Waals surface area contributed by atoms with Gasteiger partial charge in [-0.05, 0) is 17.9 Å². The molecule has 0 amide bonds. The van der Waals surface area contributed by atoms with Crippen LogP contribution in [0.4, 0.5) is 0 Å². The van der Waals surface area contributed by atoms with Crippen molar-refractivity contribution >= 4 is 17.3 Å². The van der Waals surface area contributed by atoms with Crippen LogP contribution in [0.25, 0.3) is 0 Å². The molecule has 2 aromatic heterocycles. The summed E-state index contributed by atoms with van der Waals surface area (Å²) in [5.74, 6) is 2.11. The van der Waals surface area contributed by atoms with Crippen molar-refractivity contribution in [2.75, 3.05) is 20.6 Å². The highest BCUT2D eigenvalue weighted by molar-refractivity contribution is 7.09. The molecule has 2 aromatic rings. The average molecular weight is 335 g/mol. The van der Waals surface area contributed by atoms with Crippen molar-refractivity contribution in [1.82, 2.24) is 20.4 Å². The summed E-state index contributed by atoms with van der Waals surface area (Å²) in [6.07, 6.45) is 1.01. The van der Waals surface area contributed by atoms with Crippen LogP contribution in [0, 0.1) is 0 Å². The number of aromatic nitrogens is 2. The van der Waals surface area contributed by atoms with E-state index in [0.29, 0.717) is 18.3 Å². The number of nitrogens with zero attached hydrogens (tertiary/aromatic N) is 4. The number of thiophene rings is 1. The number of nitrogens with one attached hydrogen (secondary N) is 1. The number of rotatable bonds is 5. The molecule has 2 rings (SSSR count). The van der Waals surface area contributed by atoms with Gasteiger partial charge in [0.05, 0.1) is 6.54 Å². The van der Waals surface area contributed by atoms with Crippen LogP contribution in [0.2, 0.25) is 0 Å². The summed E-state index contributed by atoms with van der Waals surface area (Å²) in [4.78, 5) is 12.2. The van der Waals surface area contributed by atoms with E-state index < -0.39 is 0 Å². The van der Waals surface area contributed by atoms with Gasteiger partial charge in [-0.15, -0.1) is 11.3 Å². The Labute approximate surface area is 141 Å². The highest BCUT2D eigenvalue weighted by atomic mass is 32.1. The number of hydrogen-bond acceptors (Lipinski definition) is 5. The van der Waals surface area contributed by atoms with E-state index in [1.165, 1.54) is 4.88 Å². The van der Waals surface area contributed by atoms with Crippen molar-refractivity contribution in [2.24, 2.45) is 4.99 Å². The van der Waals surface area contributed by atoms with Gasteiger partial charge in [0.15, 0.2) is 11.8 Å². The molecule has 23 heavy (non-hydrogen) atoms. The molecule has 0 aliphatic carbocycles. The standard InChI is InChI=1S/C16H25N5OS/c1-16(2,3)14-19-13(20-22-14)11-18-15(17-4)21(5)9-8-12-7-6-10-23-12/h6-7,10H,8-9,11H2,1-5H3,(H,17,18). The third-order valence-electron chi connectivity index (χ3n) is 3.36. The molecule has 0 aliphatic heterocycles. The smallest absolute Gasteiger partial charge is 0.232 e. The third kappa shape index (κ3) is 5.06. The molecule has 0 aromatic carbocycles. The number of guanidine groups is 1. The van der Waals surface area contributed by atoms with Gasteiger partial charge in [0.2, 0.25) is 5.89 Å². The van der Waals surface area contributed by atoms with Crippen molar-refractivity contribution in [2.45, 2.75) is 39.2 Å². The Morgan fingerprint density at radius 1 is 1.43 bits per heavy atom. The fourth-order valence-corrected chi connectivity index (χ4v) is 2.71. The lowest BCUT2D eigenvalue weighted by atomic mass is 9.97. The average Bonchev–Trinajstić information content (AvgIpc) is 3.16. The molecule has 1 N–H and O–H groups in total. The lowest BCUT2D eigenvalue weighted by Gasteiger charge is -2.21. The molecule has 0 unspecified atom stereocenters. The molecule has 0 bridgehead atoms. The summed E-state index contributed by atoms with van der Waals surface area (Å²) in [6, 6.07) is 4.23. The van der Waals surface area contributed by atoms with Crippen molar-refractivity contribution in [3.05, 3.63) is 34.1 Å². The van der Waals surface area contributed by atoms with Crippen LogP contribution in [-0.2, 0) is 18.4 Å². The minimum atomic E-state index is -0.134. The Hall–Kier alpha value is -1.89. The van der Waals surface area contributed by atoms with Crippen LogP contribution in [0.3, 0.4) is 0 Å². The Bertz CT molecular complexity index is 627. The second-order valence-corrected chi connectivity index (χ2v) is 7.45. The van der Waals surface area contributed by atoms with Gasteiger partial charge in [-0.2, -0.15) is 4.98 Å². The number of hydrogen-bond donors (Lipinski definition) is 1. The highest BCUT2D eigenvalue weighted by Gasteiger charge is 2.21. The predicted octanol–water partition coefficient (Wildman–Crippen LogP) is 2.68. The highest BCUT2D eigenvalue weighted by Crippen LogP contribution is 2.19. The third-order valence-corrected chi connectivity index (χ3v) is 4.30. The SMILES string of the molecule is CN=C(NCc1noc(C(C)(C)C)n1)N(C)CCc1cccs1. The van der Waals surface area contributed by atoms with E-state index in [1.54, 1.807) is 18.4 Å². The Morgan fingerprint density at radius 3 is 2.78 bits per heavy atom. The monoisotopic (exact) mass is 335 g/mol. The zero-order chi connectivity index (χ0) is 16.9. The van der Waals surface area contributed by atoms with Crippen LogP contribution >= 0.6 is 11.3 Å². The fraction of sp³-hybridized carbons (Fsp3) is 0.562. The largest absolute Gasteiger partial charge is 0.349 e. The van der Waals surface area contributed by atoms with Gasteiger partial charge in [-0.1, -0.05) is 32.0 Å². The molecule has 0 fully saturated rings. The van der Waals surface area contributed by atoms with Crippen LogP contribution in [-0.4, -0.2) is 41.6 Å². The van der Waals surface area contributed by atoms with Crippen LogP contribution in [0.5, 0.6) is 0 Å². The first-order chi connectivity index (χ1) is 10.9. The molecule has 0 saturated carbocycles. The van der Waals surface area contributed by atoms with Crippen LogP contribution in [0.1, 0.15) is 37.4 Å². The molecule has 0 spiro atoms. The summed E-state index contributed by atoms with van der Waals surface area (Å²) >= 11 is 1.78. The Kier molecular flexibility index (Phi) is 5.76. The fourth-order valence-electron chi connectivity index (χ4n) is 2.01. The van der Waals surface area contributed by atoms with E-state index in [2.05, 4.69) is 63.6 Å². The van der Waals surface area contributed by atoms with Gasteiger partial charge in [-0.3, -0.25) is 4.99 Å². The zero-order valence-electron chi connectivity index (χ0n) is 14.5. The summed E-state index contributed by atoms with van der Waals surface area (Å²) in [7, 11) is 3.81. The summed E-state index contributed by atoms with van der Waals surface area (Å²) in [6.45, 7) is 7.55. The maximum Gasteiger partial charge on any atom is 0.232 e. The summed E-state index contributed by atoms with van der Waals surface area (Å²) < 4.78 is 5.30. The van der Waals surface area contributed by atoms with E-state index in [9.17, 15) is 0 Å². The van der Waals surface area contributed by atoms with Crippen LogP contribution < -0.4 is 5.32 Å². The quantitative estimate of drug-likeness (QED) is 0.672. The molecule has 126 valence electrons. The van der Waals surface area contributed by atoms with E-state index in [0.717, 1.165) is 18.9 Å². The first kappa shape index (κ1) is 17.5. The van der Waals surface area contributed by atoms with Gasteiger partial charge in [-0.25, -0.2) is 0 Å². The first-order valence-electron chi connectivity index (χ1n) is 7.67. The van der Waals surface area contributed by atoms with Crippen molar-refractivity contribution < 1.29 is 4.52 Å². The van der Waals surface area contributed by atoms with E-state index in [1.807, 2.05) is 7.05 Å². The molecular formula is C16H25N5OS. The molecular weight excluding hydrogens is 310 g/mol. The lowest BCUT2D eigenvalue weighted by molar-refractivity contribution is 0.318. The second kappa shape index (κ2) is 7.59. The lowest BCUT2D eigenvalue weighted by Crippen LogP contribution is -2.39. The van der Waals surface area contributed by atoms with Crippen molar-refractivity contribution in [3.8, 4) is 0 Å². The summed E-state index contributed by atoms with van der Waals surface area (Å²) in [5.41, 5.74) is -0.134. The number of aliphatic imine (C=N–C) groups is 1. The maximum atomic E-state index is 5.30. The minimum Gasteiger partial charge on any atom is -0.349 e. The van der Waals surface area contributed by atoms with Crippen molar-refractivity contribution in [1.29, 1.82) is 0 Å². The van der Waals surface area contributed by atoms with Crippen molar-refractivity contribution in [3.63, 3.8) is 0 Å². The molecule has 0 aliphatic rings. The molecule has 7 heteroatoms. The van der Waals surface area contributed by atoms with Gasteiger partial charge in [0.1, 0.15) is 0 Å². The molecule has 6 nitrogen and oxygen atoms in total. The summed E-state index contributed by atoms with van der Waals surface area (Å²) in [5, 5.41) is 9.39. The molecule has 0 radical (unpaired) electrons. The van der Waals surface area contributed by atoms with Gasteiger partial charge >= 0.3 is 0 Å².